The Bertz CT molecular complexity index is 1410. The van der Waals surface area contributed by atoms with Crippen molar-refractivity contribution in [2.24, 2.45) is 13.0 Å². The first-order valence-electron chi connectivity index (χ1n) is 11.4. The maximum Gasteiger partial charge on any atom is 0.251 e. The van der Waals surface area contributed by atoms with Gasteiger partial charge in [0, 0.05) is 37.3 Å². The zero-order chi connectivity index (χ0) is 24.5. The van der Waals surface area contributed by atoms with Crippen LogP contribution in [0.3, 0.4) is 0 Å². The number of hydrogen-bond acceptors (Lipinski definition) is 7. The van der Waals surface area contributed by atoms with Crippen molar-refractivity contribution in [1.82, 2.24) is 24.8 Å². The van der Waals surface area contributed by atoms with Gasteiger partial charge in [0.25, 0.3) is 5.91 Å². The number of nitrogens with one attached hydrogen (secondary N) is 2. The van der Waals surface area contributed by atoms with E-state index in [4.69, 9.17) is 11.6 Å². The topological polar surface area (TPSA) is 112 Å². The number of amides is 2. The van der Waals surface area contributed by atoms with E-state index in [1.165, 1.54) is 11.3 Å². The minimum atomic E-state index is -0.325. The fourth-order valence-corrected chi connectivity index (χ4v) is 5.37. The second kappa shape index (κ2) is 9.80. The van der Waals surface area contributed by atoms with Gasteiger partial charge in [0.1, 0.15) is 0 Å². The molecule has 1 aliphatic heterocycles. The molecule has 182 valence electrons. The summed E-state index contributed by atoms with van der Waals surface area (Å²) in [6, 6.07) is 10.8. The first-order chi connectivity index (χ1) is 16.9. The zero-order valence-electron chi connectivity index (χ0n) is 19.1. The Kier molecular flexibility index (Phi) is 6.59. The highest BCUT2D eigenvalue weighted by atomic mass is 35.5. The number of aromatic nitrogens is 3. The molecule has 5 rings (SSSR count). The Hall–Kier alpha value is -3.21. The van der Waals surface area contributed by atoms with Crippen LogP contribution in [0.5, 0.6) is 0 Å². The number of carbonyl (C=O) groups is 2. The number of imidazole rings is 1. The summed E-state index contributed by atoms with van der Waals surface area (Å²) in [4.78, 5) is 36.1. The molecule has 2 aromatic carbocycles. The quantitative estimate of drug-likeness (QED) is 0.364. The lowest BCUT2D eigenvalue weighted by Gasteiger charge is -2.31. The molecule has 1 fully saturated rings. The van der Waals surface area contributed by atoms with Crippen molar-refractivity contribution >= 4 is 67.1 Å². The van der Waals surface area contributed by atoms with Gasteiger partial charge in [0.15, 0.2) is 5.13 Å². The third-order valence-electron chi connectivity index (χ3n) is 6.34. The summed E-state index contributed by atoms with van der Waals surface area (Å²) >= 11 is 7.56. The van der Waals surface area contributed by atoms with E-state index in [1.807, 2.05) is 35.9 Å². The molecule has 2 aromatic heterocycles. The number of aliphatic hydroxyl groups is 1. The number of hydrogen-bond donors (Lipinski definition) is 3. The van der Waals surface area contributed by atoms with Gasteiger partial charge in [-0.1, -0.05) is 22.9 Å². The van der Waals surface area contributed by atoms with Gasteiger partial charge < -0.3 is 25.2 Å². The van der Waals surface area contributed by atoms with E-state index in [0.717, 1.165) is 28.6 Å². The van der Waals surface area contributed by atoms with Crippen LogP contribution in [0.15, 0.2) is 36.4 Å². The van der Waals surface area contributed by atoms with Gasteiger partial charge in [-0.3, -0.25) is 9.59 Å². The lowest BCUT2D eigenvalue weighted by Crippen LogP contribution is -2.44. The van der Waals surface area contributed by atoms with Crippen LogP contribution in [-0.4, -0.2) is 62.6 Å². The number of benzene rings is 2. The monoisotopic (exact) mass is 512 g/mol. The van der Waals surface area contributed by atoms with Crippen LogP contribution in [0.2, 0.25) is 5.02 Å². The van der Waals surface area contributed by atoms with Gasteiger partial charge in [-0.15, -0.1) is 0 Å². The Morgan fingerprint density at radius 3 is 2.71 bits per heavy atom. The predicted octanol–water partition coefficient (Wildman–Crippen LogP) is 3.54. The van der Waals surface area contributed by atoms with Crippen molar-refractivity contribution in [2.75, 3.05) is 31.6 Å². The molecule has 2 amide bonds. The van der Waals surface area contributed by atoms with E-state index in [0.29, 0.717) is 40.3 Å². The summed E-state index contributed by atoms with van der Waals surface area (Å²) in [5, 5.41) is 16.6. The minimum Gasteiger partial charge on any atom is -0.396 e. The summed E-state index contributed by atoms with van der Waals surface area (Å²) in [6.07, 6.45) is 1.57. The molecule has 0 spiro atoms. The normalized spacial score (nSPS) is 14.5. The molecule has 1 saturated heterocycles. The van der Waals surface area contributed by atoms with E-state index in [-0.39, 0.29) is 30.9 Å². The highest BCUT2D eigenvalue weighted by Gasteiger charge is 2.22. The van der Waals surface area contributed by atoms with Crippen molar-refractivity contribution < 1.29 is 14.7 Å². The number of anilines is 2. The van der Waals surface area contributed by atoms with Crippen molar-refractivity contribution in [3.05, 3.63) is 47.0 Å². The number of carbonyl (C=O) groups excluding carboxylic acids is 2. The number of thiazole rings is 1. The summed E-state index contributed by atoms with van der Waals surface area (Å²) in [7, 11) is 1.89. The number of piperidine rings is 1. The number of aryl methyl sites for hydroxylation is 1. The van der Waals surface area contributed by atoms with Gasteiger partial charge in [-0.25, -0.2) is 9.97 Å². The molecule has 0 saturated carbocycles. The third-order valence-corrected chi connectivity index (χ3v) is 7.51. The SMILES string of the molecule is Cn1c(Nc2nc3ccc(Cl)cc3s2)nc2cc(C(=O)NCC(=O)N3CCC(CO)CC3)ccc21. The van der Waals surface area contributed by atoms with Crippen LogP contribution in [0.25, 0.3) is 21.3 Å². The van der Waals surface area contributed by atoms with Gasteiger partial charge in [0.2, 0.25) is 11.9 Å². The summed E-state index contributed by atoms with van der Waals surface area (Å²) < 4.78 is 2.88. The summed E-state index contributed by atoms with van der Waals surface area (Å²) in [5.74, 6) is 0.418. The van der Waals surface area contributed by atoms with Crippen LogP contribution in [-0.2, 0) is 11.8 Å². The molecule has 0 unspecified atom stereocenters. The highest BCUT2D eigenvalue weighted by molar-refractivity contribution is 7.22. The Morgan fingerprint density at radius 1 is 1.14 bits per heavy atom. The zero-order valence-corrected chi connectivity index (χ0v) is 20.7. The first-order valence-corrected chi connectivity index (χ1v) is 12.6. The molecule has 11 heteroatoms. The molecule has 3 heterocycles. The van der Waals surface area contributed by atoms with E-state index in [2.05, 4.69) is 20.6 Å². The number of rotatable bonds is 6. The second-order valence-corrected chi connectivity index (χ2v) is 10.1. The number of fused-ring (bicyclic) bond motifs is 2. The molecule has 35 heavy (non-hydrogen) atoms. The van der Waals surface area contributed by atoms with Crippen molar-refractivity contribution in [3.8, 4) is 0 Å². The molecule has 0 bridgehead atoms. The Balaban J connectivity index is 1.26. The maximum absolute atomic E-state index is 12.7. The van der Waals surface area contributed by atoms with Crippen molar-refractivity contribution in [1.29, 1.82) is 0 Å². The smallest absolute Gasteiger partial charge is 0.251 e. The molecule has 0 atom stereocenters. The van der Waals surface area contributed by atoms with E-state index in [9.17, 15) is 14.7 Å². The molecular formula is C24H25ClN6O3S. The molecule has 9 nitrogen and oxygen atoms in total. The fourth-order valence-electron chi connectivity index (χ4n) is 4.24. The Morgan fingerprint density at radius 2 is 1.94 bits per heavy atom. The average molecular weight is 513 g/mol. The van der Waals surface area contributed by atoms with Crippen molar-refractivity contribution in [2.45, 2.75) is 12.8 Å². The highest BCUT2D eigenvalue weighted by Crippen LogP contribution is 2.31. The van der Waals surface area contributed by atoms with E-state index >= 15 is 0 Å². The number of halogens is 1. The van der Waals surface area contributed by atoms with Crippen LogP contribution in [0.4, 0.5) is 11.1 Å². The van der Waals surface area contributed by atoms with Gasteiger partial charge in [0.05, 0.1) is 27.8 Å². The van der Waals surface area contributed by atoms with Gasteiger partial charge in [-0.2, -0.15) is 0 Å². The summed E-state index contributed by atoms with van der Waals surface area (Å²) in [5.41, 5.74) is 2.80. The van der Waals surface area contributed by atoms with Crippen LogP contribution < -0.4 is 10.6 Å². The predicted molar refractivity (Wildman–Crippen MR) is 137 cm³/mol. The van der Waals surface area contributed by atoms with E-state index in [1.54, 1.807) is 17.0 Å². The molecule has 3 N–H and O–H groups in total. The number of aliphatic hydroxyl groups excluding tert-OH is 1. The van der Waals surface area contributed by atoms with Crippen LogP contribution >= 0.6 is 22.9 Å². The largest absolute Gasteiger partial charge is 0.396 e. The lowest BCUT2D eigenvalue weighted by atomic mass is 9.98. The number of nitrogens with zero attached hydrogens (tertiary/aromatic N) is 4. The van der Waals surface area contributed by atoms with Crippen LogP contribution in [0, 0.1) is 5.92 Å². The molecule has 4 aromatic rings. The standard InChI is InChI=1S/C24H25ClN6O3S/c1-30-19-5-2-15(22(34)26-12-21(33)31-8-6-14(13-32)7-9-31)10-18(19)27-23(30)29-24-28-17-4-3-16(25)11-20(17)35-24/h2-5,10-11,14,32H,6-9,12-13H2,1H3,(H,26,34)(H,27,28,29). The summed E-state index contributed by atoms with van der Waals surface area (Å²) in [6.45, 7) is 1.31. The van der Waals surface area contributed by atoms with Gasteiger partial charge >= 0.3 is 0 Å². The van der Waals surface area contributed by atoms with Crippen molar-refractivity contribution in [3.63, 3.8) is 0 Å². The van der Waals surface area contributed by atoms with E-state index < -0.39 is 0 Å². The fraction of sp³-hybridized carbons (Fsp3) is 0.333. The third kappa shape index (κ3) is 4.95. The second-order valence-electron chi connectivity index (χ2n) is 8.64. The van der Waals surface area contributed by atoms with Gasteiger partial charge in [-0.05, 0) is 55.2 Å². The first kappa shape index (κ1) is 23.5. The Labute approximate surface area is 210 Å². The molecular weight excluding hydrogens is 488 g/mol. The lowest BCUT2D eigenvalue weighted by molar-refractivity contribution is -0.131. The van der Waals surface area contributed by atoms with Crippen LogP contribution in [0.1, 0.15) is 23.2 Å². The molecule has 1 aliphatic rings. The molecule has 0 radical (unpaired) electrons. The maximum atomic E-state index is 12.7. The molecule has 0 aliphatic carbocycles. The minimum absolute atomic E-state index is 0.0582. The number of likely N-dealkylation sites (tertiary alicyclic amines) is 1. The average Bonchev–Trinajstić information content (AvgIpc) is 3.41.